The van der Waals surface area contributed by atoms with Crippen LogP contribution in [0.15, 0.2) is 18.2 Å². The molecule has 1 unspecified atom stereocenters. The van der Waals surface area contributed by atoms with E-state index in [9.17, 15) is 0 Å². The molecule has 2 aromatic rings. The Hall–Kier alpha value is -1.33. The largest absolute Gasteiger partial charge is 0.493 e. The van der Waals surface area contributed by atoms with E-state index in [0.29, 0.717) is 5.02 Å². The van der Waals surface area contributed by atoms with Gasteiger partial charge in [0.2, 0.25) is 5.13 Å². The van der Waals surface area contributed by atoms with Crippen molar-refractivity contribution < 1.29 is 4.74 Å². The average Bonchev–Trinajstić information content (AvgIpc) is 2.81. The van der Waals surface area contributed by atoms with E-state index < -0.39 is 0 Å². The van der Waals surface area contributed by atoms with Crippen LogP contribution in [0.5, 0.6) is 5.75 Å². The molecule has 0 bridgehead atoms. The van der Waals surface area contributed by atoms with Crippen LogP contribution in [-0.2, 0) is 6.42 Å². The predicted octanol–water partition coefficient (Wildman–Crippen LogP) is 4.08. The zero-order valence-electron chi connectivity index (χ0n) is 11.2. The Morgan fingerprint density at radius 3 is 3.20 bits per heavy atom. The second-order valence-corrected chi connectivity index (χ2v) is 5.93. The molecular formula is C14H16ClN3OS. The van der Waals surface area contributed by atoms with E-state index in [4.69, 9.17) is 16.3 Å². The van der Waals surface area contributed by atoms with Gasteiger partial charge in [-0.05, 0) is 25.0 Å². The zero-order valence-corrected chi connectivity index (χ0v) is 12.8. The lowest BCUT2D eigenvalue weighted by atomic mass is 10.0. The van der Waals surface area contributed by atoms with Crippen molar-refractivity contribution in [2.45, 2.75) is 32.2 Å². The third-order valence-electron chi connectivity index (χ3n) is 3.33. The summed E-state index contributed by atoms with van der Waals surface area (Å²) in [5, 5.41) is 5.05. The SMILES string of the molecule is CCc1nsc(NC2CCCOc3cc(Cl)ccc32)n1. The van der Waals surface area contributed by atoms with Crippen LogP contribution in [0.2, 0.25) is 5.02 Å². The third-order valence-corrected chi connectivity index (χ3v) is 4.25. The van der Waals surface area contributed by atoms with Gasteiger partial charge in [0.05, 0.1) is 12.6 Å². The molecule has 0 fully saturated rings. The van der Waals surface area contributed by atoms with Crippen LogP contribution in [0.25, 0.3) is 0 Å². The first-order valence-corrected chi connectivity index (χ1v) is 7.92. The molecule has 3 rings (SSSR count). The van der Waals surface area contributed by atoms with Gasteiger partial charge >= 0.3 is 0 Å². The normalized spacial score (nSPS) is 18.0. The van der Waals surface area contributed by atoms with Gasteiger partial charge in [-0.25, -0.2) is 4.98 Å². The minimum absolute atomic E-state index is 0.197. The van der Waals surface area contributed by atoms with Gasteiger partial charge in [-0.15, -0.1) is 0 Å². The lowest BCUT2D eigenvalue weighted by Crippen LogP contribution is -2.10. The maximum Gasteiger partial charge on any atom is 0.203 e. The molecule has 20 heavy (non-hydrogen) atoms. The molecule has 0 spiro atoms. The maximum atomic E-state index is 6.04. The average molecular weight is 310 g/mol. The van der Waals surface area contributed by atoms with Gasteiger partial charge in [0.1, 0.15) is 11.6 Å². The van der Waals surface area contributed by atoms with Gasteiger partial charge in [-0.1, -0.05) is 24.6 Å². The standard InChI is InChI=1S/C14H16ClN3OS/c1-2-13-17-14(20-18-13)16-11-4-3-7-19-12-8-9(15)5-6-10(11)12/h5-6,8,11H,2-4,7H2,1H3,(H,16,17,18). The summed E-state index contributed by atoms with van der Waals surface area (Å²) in [5.74, 6) is 1.76. The van der Waals surface area contributed by atoms with Crippen molar-refractivity contribution in [3.8, 4) is 5.75 Å². The van der Waals surface area contributed by atoms with Gasteiger partial charge in [-0.3, -0.25) is 0 Å². The maximum absolute atomic E-state index is 6.04. The van der Waals surface area contributed by atoms with Crippen molar-refractivity contribution in [3.05, 3.63) is 34.6 Å². The quantitative estimate of drug-likeness (QED) is 0.928. The third kappa shape index (κ3) is 2.88. The smallest absolute Gasteiger partial charge is 0.203 e. The monoisotopic (exact) mass is 309 g/mol. The fourth-order valence-electron chi connectivity index (χ4n) is 2.30. The Morgan fingerprint density at radius 1 is 1.50 bits per heavy atom. The molecule has 1 aliphatic rings. The first kappa shape index (κ1) is 13.6. The summed E-state index contributed by atoms with van der Waals surface area (Å²) < 4.78 is 10.1. The van der Waals surface area contributed by atoms with E-state index in [1.165, 1.54) is 11.5 Å². The van der Waals surface area contributed by atoms with Crippen LogP contribution in [0.4, 0.5) is 5.13 Å². The molecule has 1 aliphatic heterocycles. The zero-order chi connectivity index (χ0) is 13.9. The van der Waals surface area contributed by atoms with Gasteiger partial charge in [-0.2, -0.15) is 4.37 Å². The Bertz CT molecular complexity index is 602. The first-order chi connectivity index (χ1) is 9.76. The summed E-state index contributed by atoms with van der Waals surface area (Å²) in [5.41, 5.74) is 1.14. The van der Waals surface area contributed by atoms with E-state index >= 15 is 0 Å². The van der Waals surface area contributed by atoms with Gasteiger partial charge in [0, 0.05) is 28.5 Å². The van der Waals surface area contributed by atoms with Crippen molar-refractivity contribution in [2.24, 2.45) is 0 Å². The van der Waals surface area contributed by atoms with E-state index in [2.05, 4.69) is 21.6 Å². The molecule has 1 aromatic heterocycles. The molecular weight excluding hydrogens is 294 g/mol. The summed E-state index contributed by atoms with van der Waals surface area (Å²) in [6.45, 7) is 2.78. The molecule has 0 saturated carbocycles. The minimum Gasteiger partial charge on any atom is -0.493 e. The van der Waals surface area contributed by atoms with Crippen LogP contribution in [0.3, 0.4) is 0 Å². The highest BCUT2D eigenvalue weighted by atomic mass is 35.5. The Kier molecular flexibility index (Phi) is 4.08. The molecule has 0 radical (unpaired) electrons. The Labute approximate surface area is 127 Å². The number of fused-ring (bicyclic) bond motifs is 1. The molecule has 0 amide bonds. The molecule has 1 aromatic carbocycles. The van der Waals surface area contributed by atoms with Gasteiger partial charge in [0.15, 0.2) is 0 Å². The predicted molar refractivity (Wildman–Crippen MR) is 81.8 cm³/mol. The first-order valence-electron chi connectivity index (χ1n) is 6.77. The number of halogens is 1. The number of nitrogens with zero attached hydrogens (tertiary/aromatic N) is 2. The van der Waals surface area contributed by atoms with Crippen molar-refractivity contribution in [3.63, 3.8) is 0 Å². The van der Waals surface area contributed by atoms with Gasteiger partial charge in [0.25, 0.3) is 0 Å². The molecule has 2 heterocycles. The summed E-state index contributed by atoms with van der Waals surface area (Å²) in [6.07, 6.45) is 2.87. The van der Waals surface area contributed by atoms with Crippen molar-refractivity contribution in [2.75, 3.05) is 11.9 Å². The minimum atomic E-state index is 0.197. The summed E-state index contributed by atoms with van der Waals surface area (Å²) in [7, 11) is 0. The number of nitrogens with one attached hydrogen (secondary N) is 1. The molecule has 6 heteroatoms. The fourth-order valence-corrected chi connectivity index (χ4v) is 3.17. The number of rotatable bonds is 3. The number of aryl methyl sites for hydroxylation is 1. The molecule has 0 aliphatic carbocycles. The van der Waals surface area contributed by atoms with E-state index in [1.807, 2.05) is 18.2 Å². The van der Waals surface area contributed by atoms with Crippen molar-refractivity contribution in [1.82, 2.24) is 9.36 Å². The van der Waals surface area contributed by atoms with Crippen LogP contribution >= 0.6 is 23.1 Å². The van der Waals surface area contributed by atoms with E-state index in [0.717, 1.165) is 48.1 Å². The highest BCUT2D eigenvalue weighted by Crippen LogP contribution is 2.35. The topological polar surface area (TPSA) is 47.0 Å². The number of hydrogen-bond donors (Lipinski definition) is 1. The molecule has 4 nitrogen and oxygen atoms in total. The Balaban J connectivity index is 1.86. The summed E-state index contributed by atoms with van der Waals surface area (Å²) in [6, 6.07) is 6.01. The van der Waals surface area contributed by atoms with E-state index in [1.54, 1.807) is 0 Å². The Morgan fingerprint density at radius 2 is 2.40 bits per heavy atom. The fraction of sp³-hybridized carbons (Fsp3) is 0.429. The van der Waals surface area contributed by atoms with Crippen LogP contribution in [-0.4, -0.2) is 16.0 Å². The number of anilines is 1. The highest BCUT2D eigenvalue weighted by molar-refractivity contribution is 7.09. The van der Waals surface area contributed by atoms with Gasteiger partial charge < -0.3 is 10.1 Å². The number of benzene rings is 1. The second-order valence-electron chi connectivity index (χ2n) is 4.74. The highest BCUT2D eigenvalue weighted by Gasteiger charge is 2.21. The molecule has 1 N–H and O–H groups in total. The van der Waals surface area contributed by atoms with Crippen molar-refractivity contribution in [1.29, 1.82) is 0 Å². The van der Waals surface area contributed by atoms with Crippen molar-refractivity contribution >= 4 is 28.3 Å². The van der Waals surface area contributed by atoms with Crippen LogP contribution in [0.1, 0.15) is 37.2 Å². The molecule has 0 saturated heterocycles. The molecule has 106 valence electrons. The van der Waals surface area contributed by atoms with Crippen LogP contribution < -0.4 is 10.1 Å². The lowest BCUT2D eigenvalue weighted by Gasteiger charge is -2.17. The second kappa shape index (κ2) is 5.97. The lowest BCUT2D eigenvalue weighted by molar-refractivity contribution is 0.316. The molecule has 1 atom stereocenters. The van der Waals surface area contributed by atoms with Crippen LogP contribution in [0, 0.1) is 0 Å². The van der Waals surface area contributed by atoms with E-state index in [-0.39, 0.29) is 6.04 Å². The summed E-state index contributed by atoms with van der Waals surface area (Å²) in [4.78, 5) is 4.47. The number of hydrogen-bond acceptors (Lipinski definition) is 5. The number of aromatic nitrogens is 2. The summed E-state index contributed by atoms with van der Waals surface area (Å²) >= 11 is 7.45. The number of ether oxygens (including phenoxy) is 1.